The Labute approximate surface area is 166 Å². The van der Waals surface area contributed by atoms with E-state index in [-0.39, 0.29) is 0 Å². The van der Waals surface area contributed by atoms with E-state index >= 15 is 0 Å². The number of rotatable bonds is 8. The van der Waals surface area contributed by atoms with Crippen molar-refractivity contribution < 1.29 is 9.90 Å². The number of benzene rings is 2. The fraction of sp³-hybridized carbons (Fsp3) is 0.348. The molecule has 0 bridgehead atoms. The molecule has 1 N–H and O–H groups in total. The maximum atomic E-state index is 11.5. The molecule has 0 saturated heterocycles. The maximum Gasteiger partial charge on any atom is 0.336 e. The van der Waals surface area contributed by atoms with E-state index in [0.717, 1.165) is 47.6 Å². The van der Waals surface area contributed by atoms with Crippen LogP contribution in [0.5, 0.6) is 0 Å². The van der Waals surface area contributed by atoms with Gasteiger partial charge < -0.3 is 5.11 Å². The zero-order valence-corrected chi connectivity index (χ0v) is 16.7. The van der Waals surface area contributed by atoms with Crippen LogP contribution in [0.1, 0.15) is 54.8 Å². The van der Waals surface area contributed by atoms with Gasteiger partial charge >= 0.3 is 5.97 Å². The van der Waals surface area contributed by atoms with Crippen LogP contribution in [0.4, 0.5) is 0 Å². The average Bonchev–Trinajstić information content (AvgIpc) is 3.09. The smallest absolute Gasteiger partial charge is 0.336 e. The molecular weight excluding hydrogens is 350 g/mol. The highest BCUT2D eigenvalue weighted by molar-refractivity contribution is 5.95. The molecule has 3 aromatic rings. The van der Waals surface area contributed by atoms with Gasteiger partial charge in [-0.15, -0.1) is 0 Å². The minimum atomic E-state index is -0.913. The first-order valence-corrected chi connectivity index (χ1v) is 9.82. The summed E-state index contributed by atoms with van der Waals surface area (Å²) in [5, 5.41) is 14.1. The van der Waals surface area contributed by atoms with E-state index in [1.54, 1.807) is 12.1 Å². The quantitative estimate of drug-likeness (QED) is 0.610. The highest BCUT2D eigenvalue weighted by Crippen LogP contribution is 2.24. The van der Waals surface area contributed by atoms with Crippen LogP contribution >= 0.6 is 0 Å². The van der Waals surface area contributed by atoms with Crippen molar-refractivity contribution in [2.45, 2.75) is 46.6 Å². The second kappa shape index (κ2) is 8.83. The molecule has 0 fully saturated rings. The van der Waals surface area contributed by atoms with Gasteiger partial charge in [-0.1, -0.05) is 63.2 Å². The number of nitrogens with zero attached hydrogens (tertiary/aromatic N) is 3. The highest BCUT2D eigenvalue weighted by Gasteiger charge is 2.12. The van der Waals surface area contributed by atoms with Gasteiger partial charge in [0.2, 0.25) is 0 Å². The Morgan fingerprint density at radius 1 is 1.11 bits per heavy atom. The molecular formula is C23H27N3O2. The van der Waals surface area contributed by atoms with Crippen molar-refractivity contribution in [1.29, 1.82) is 0 Å². The van der Waals surface area contributed by atoms with Gasteiger partial charge in [0, 0.05) is 12.8 Å². The molecule has 5 heteroatoms. The summed E-state index contributed by atoms with van der Waals surface area (Å²) >= 11 is 0. The van der Waals surface area contributed by atoms with Crippen LogP contribution in [0.2, 0.25) is 0 Å². The molecule has 0 radical (unpaired) electrons. The molecule has 0 aliphatic carbocycles. The Kier molecular flexibility index (Phi) is 6.24. The maximum absolute atomic E-state index is 11.5. The Bertz CT molecular complexity index is 943. The summed E-state index contributed by atoms with van der Waals surface area (Å²) in [5.74, 6) is 1.63. The second-order valence-electron chi connectivity index (χ2n) is 7.44. The third kappa shape index (κ3) is 4.66. The number of aromatic nitrogens is 3. The molecule has 146 valence electrons. The summed E-state index contributed by atoms with van der Waals surface area (Å²) in [7, 11) is 0. The lowest BCUT2D eigenvalue weighted by molar-refractivity contribution is 0.0697. The second-order valence-corrected chi connectivity index (χ2v) is 7.44. The molecule has 0 aliphatic rings. The predicted molar refractivity (Wildman–Crippen MR) is 110 cm³/mol. The van der Waals surface area contributed by atoms with Crippen LogP contribution in [-0.4, -0.2) is 25.8 Å². The minimum Gasteiger partial charge on any atom is -0.478 e. The van der Waals surface area contributed by atoms with E-state index in [1.807, 2.05) is 41.1 Å². The van der Waals surface area contributed by atoms with Crippen molar-refractivity contribution in [2.24, 2.45) is 5.92 Å². The lowest BCUT2D eigenvalue weighted by Gasteiger charge is -2.10. The van der Waals surface area contributed by atoms with Gasteiger partial charge in [0.15, 0.2) is 5.82 Å². The average molecular weight is 377 g/mol. The Morgan fingerprint density at radius 2 is 1.82 bits per heavy atom. The van der Waals surface area contributed by atoms with Crippen molar-refractivity contribution in [2.75, 3.05) is 0 Å². The fourth-order valence-electron chi connectivity index (χ4n) is 3.19. The van der Waals surface area contributed by atoms with Crippen molar-refractivity contribution in [1.82, 2.24) is 14.8 Å². The van der Waals surface area contributed by atoms with Crippen molar-refractivity contribution >= 4 is 5.97 Å². The van der Waals surface area contributed by atoms with Crippen LogP contribution in [-0.2, 0) is 19.4 Å². The van der Waals surface area contributed by atoms with Crippen molar-refractivity contribution in [3.63, 3.8) is 0 Å². The van der Waals surface area contributed by atoms with Gasteiger partial charge in [-0.25, -0.2) is 14.5 Å². The number of hydrogen-bond donors (Lipinski definition) is 1. The Balaban J connectivity index is 1.82. The van der Waals surface area contributed by atoms with E-state index in [1.165, 1.54) is 0 Å². The number of carboxylic acid groups (broad SMARTS) is 1. The number of carboxylic acids is 1. The van der Waals surface area contributed by atoms with Crippen LogP contribution in [0.3, 0.4) is 0 Å². The lowest BCUT2D eigenvalue weighted by atomic mass is 9.99. The number of aryl methyl sites for hydroxylation is 2. The Morgan fingerprint density at radius 3 is 2.46 bits per heavy atom. The standard InChI is InChI=1S/C23H27N3O2/c1-4-21-24-22(14-9-16(2)3)26(25-21)15-17-10-12-18(13-11-17)19-7-5-6-8-20(19)23(27)28/h5-8,10-13,16H,4,9,14-15H2,1-3H3,(H,27,28). The molecule has 0 aliphatic heterocycles. The summed E-state index contributed by atoms with van der Waals surface area (Å²) in [6.07, 6.45) is 2.84. The number of carbonyl (C=O) groups is 1. The topological polar surface area (TPSA) is 68.0 Å². The molecule has 0 spiro atoms. The largest absolute Gasteiger partial charge is 0.478 e. The van der Waals surface area contributed by atoms with Gasteiger partial charge in [-0.05, 0) is 35.1 Å². The van der Waals surface area contributed by atoms with Crippen LogP contribution < -0.4 is 0 Å². The van der Waals surface area contributed by atoms with Crippen molar-refractivity contribution in [3.8, 4) is 11.1 Å². The molecule has 1 heterocycles. The summed E-state index contributed by atoms with van der Waals surface area (Å²) in [5.41, 5.74) is 3.06. The molecule has 3 rings (SSSR count). The number of hydrogen-bond acceptors (Lipinski definition) is 3. The lowest BCUT2D eigenvalue weighted by Crippen LogP contribution is -2.08. The van der Waals surface area contributed by atoms with Crippen LogP contribution in [0.15, 0.2) is 48.5 Å². The zero-order chi connectivity index (χ0) is 20.1. The van der Waals surface area contributed by atoms with Gasteiger partial charge in [-0.3, -0.25) is 0 Å². The van der Waals surface area contributed by atoms with E-state index in [0.29, 0.717) is 18.0 Å². The third-order valence-corrected chi connectivity index (χ3v) is 4.81. The molecule has 1 aromatic heterocycles. The molecule has 0 unspecified atom stereocenters. The monoisotopic (exact) mass is 377 g/mol. The zero-order valence-electron chi connectivity index (χ0n) is 16.7. The van der Waals surface area contributed by atoms with E-state index in [4.69, 9.17) is 0 Å². The first-order chi connectivity index (χ1) is 13.5. The van der Waals surface area contributed by atoms with Crippen LogP contribution in [0, 0.1) is 5.92 Å². The van der Waals surface area contributed by atoms with Crippen molar-refractivity contribution in [3.05, 3.63) is 71.3 Å². The predicted octanol–water partition coefficient (Wildman–Crippen LogP) is 4.84. The van der Waals surface area contributed by atoms with Gasteiger partial charge in [0.05, 0.1) is 12.1 Å². The molecule has 0 saturated carbocycles. The molecule has 2 aromatic carbocycles. The first kappa shape index (κ1) is 19.8. The van der Waals surface area contributed by atoms with E-state index in [2.05, 4.69) is 30.9 Å². The minimum absolute atomic E-state index is 0.315. The van der Waals surface area contributed by atoms with E-state index in [9.17, 15) is 9.90 Å². The summed E-state index contributed by atoms with van der Waals surface area (Å²) < 4.78 is 2.00. The summed E-state index contributed by atoms with van der Waals surface area (Å²) in [4.78, 5) is 16.1. The van der Waals surface area contributed by atoms with Crippen LogP contribution in [0.25, 0.3) is 11.1 Å². The highest BCUT2D eigenvalue weighted by atomic mass is 16.4. The summed E-state index contributed by atoms with van der Waals surface area (Å²) in [6.45, 7) is 7.17. The SMILES string of the molecule is CCc1nc(CCC(C)C)n(Cc2ccc(-c3ccccc3C(=O)O)cc2)n1. The van der Waals surface area contributed by atoms with Gasteiger partial charge in [0.1, 0.15) is 5.82 Å². The fourth-order valence-corrected chi connectivity index (χ4v) is 3.19. The van der Waals surface area contributed by atoms with Gasteiger partial charge in [-0.2, -0.15) is 5.10 Å². The van der Waals surface area contributed by atoms with E-state index < -0.39 is 5.97 Å². The third-order valence-electron chi connectivity index (χ3n) is 4.81. The van der Waals surface area contributed by atoms with Gasteiger partial charge in [0.25, 0.3) is 0 Å². The molecule has 5 nitrogen and oxygen atoms in total. The number of aromatic carboxylic acids is 1. The Hall–Kier alpha value is -2.95. The molecule has 0 atom stereocenters. The molecule has 0 amide bonds. The molecule has 28 heavy (non-hydrogen) atoms. The normalized spacial score (nSPS) is 11.1. The summed E-state index contributed by atoms with van der Waals surface area (Å²) in [6, 6.07) is 15.1. The first-order valence-electron chi connectivity index (χ1n) is 9.82.